The van der Waals surface area contributed by atoms with Crippen LogP contribution >= 0.6 is 12.6 Å². The maximum atomic E-state index is 9.13. The second-order valence-corrected chi connectivity index (χ2v) is 3.04. The lowest BCUT2D eigenvalue weighted by Crippen LogP contribution is -1.84. The molecule has 0 spiro atoms. The van der Waals surface area contributed by atoms with Crippen LogP contribution in [0.15, 0.2) is 23.1 Å². The lowest BCUT2D eigenvalue weighted by Gasteiger charge is -2.02. The first-order chi connectivity index (χ1) is 5.24. The van der Waals surface area contributed by atoms with Gasteiger partial charge in [-0.1, -0.05) is 13.3 Å². The number of aryl methyl sites for hydroxylation is 1. The molecule has 0 aliphatic carbocycles. The van der Waals surface area contributed by atoms with Gasteiger partial charge in [-0.3, -0.25) is 0 Å². The van der Waals surface area contributed by atoms with Gasteiger partial charge in [0.1, 0.15) is 5.75 Å². The molecule has 0 aliphatic heterocycles. The van der Waals surface area contributed by atoms with Crippen molar-refractivity contribution < 1.29 is 5.11 Å². The first kappa shape index (κ1) is 8.47. The second-order valence-electron chi connectivity index (χ2n) is 2.56. The molecule has 0 bridgehead atoms. The summed E-state index contributed by atoms with van der Waals surface area (Å²) in [5, 5.41) is 9.13. The standard InChI is InChI=1S/C9H12OS/c1-2-3-7-6-8(10)4-5-9(7)11/h4-6,10-11H,2-3H2,1H3. The van der Waals surface area contributed by atoms with Crippen LogP contribution in [0.5, 0.6) is 5.75 Å². The predicted octanol–water partition coefficient (Wildman–Crippen LogP) is 2.63. The van der Waals surface area contributed by atoms with Gasteiger partial charge < -0.3 is 5.11 Å². The van der Waals surface area contributed by atoms with Gasteiger partial charge in [-0.2, -0.15) is 0 Å². The molecule has 0 atom stereocenters. The molecule has 0 saturated carbocycles. The van der Waals surface area contributed by atoms with Crippen LogP contribution in [0.1, 0.15) is 18.9 Å². The van der Waals surface area contributed by atoms with E-state index in [4.69, 9.17) is 5.11 Å². The van der Waals surface area contributed by atoms with Gasteiger partial charge in [0.25, 0.3) is 0 Å². The fourth-order valence-corrected chi connectivity index (χ4v) is 1.29. The molecule has 2 heteroatoms. The minimum Gasteiger partial charge on any atom is -0.508 e. The minimum atomic E-state index is 0.325. The first-order valence-corrected chi connectivity index (χ1v) is 4.19. The molecule has 1 aromatic rings. The summed E-state index contributed by atoms with van der Waals surface area (Å²) in [4.78, 5) is 0.963. The number of benzene rings is 1. The van der Waals surface area contributed by atoms with Crippen LogP contribution in [-0.4, -0.2) is 5.11 Å². The third-order valence-corrected chi connectivity index (χ3v) is 2.02. The van der Waals surface area contributed by atoms with Crippen molar-refractivity contribution in [3.8, 4) is 5.75 Å². The van der Waals surface area contributed by atoms with Gasteiger partial charge in [-0.25, -0.2) is 0 Å². The quantitative estimate of drug-likeness (QED) is 0.650. The van der Waals surface area contributed by atoms with Gasteiger partial charge in [0.15, 0.2) is 0 Å². The lowest BCUT2D eigenvalue weighted by atomic mass is 10.1. The van der Waals surface area contributed by atoms with Gasteiger partial charge in [0, 0.05) is 4.90 Å². The van der Waals surface area contributed by atoms with Crippen molar-refractivity contribution in [1.29, 1.82) is 0 Å². The first-order valence-electron chi connectivity index (χ1n) is 3.75. The zero-order chi connectivity index (χ0) is 8.27. The van der Waals surface area contributed by atoms with E-state index in [1.54, 1.807) is 12.1 Å². The molecule has 1 nitrogen and oxygen atoms in total. The summed E-state index contributed by atoms with van der Waals surface area (Å²) in [7, 11) is 0. The molecule has 0 aliphatic rings. The molecule has 1 aromatic carbocycles. The third-order valence-electron chi connectivity index (χ3n) is 1.58. The van der Waals surface area contributed by atoms with Gasteiger partial charge in [0.05, 0.1) is 0 Å². The van der Waals surface area contributed by atoms with Crippen LogP contribution in [0.4, 0.5) is 0 Å². The van der Waals surface area contributed by atoms with Crippen LogP contribution in [0.2, 0.25) is 0 Å². The highest BCUT2D eigenvalue weighted by molar-refractivity contribution is 7.80. The highest BCUT2D eigenvalue weighted by Gasteiger charge is 1.97. The molecule has 0 unspecified atom stereocenters. The largest absolute Gasteiger partial charge is 0.508 e. The molecule has 0 fully saturated rings. The molecular weight excluding hydrogens is 156 g/mol. The van der Waals surface area contributed by atoms with E-state index in [0.717, 1.165) is 23.3 Å². The van der Waals surface area contributed by atoms with Crippen LogP contribution in [0, 0.1) is 0 Å². The molecule has 60 valence electrons. The van der Waals surface area contributed by atoms with E-state index in [9.17, 15) is 0 Å². The minimum absolute atomic E-state index is 0.325. The number of hydrogen-bond donors (Lipinski definition) is 2. The van der Waals surface area contributed by atoms with E-state index >= 15 is 0 Å². The maximum absolute atomic E-state index is 9.13. The van der Waals surface area contributed by atoms with Crippen LogP contribution in [-0.2, 0) is 6.42 Å². The highest BCUT2D eigenvalue weighted by atomic mass is 32.1. The summed E-state index contributed by atoms with van der Waals surface area (Å²) in [6.07, 6.45) is 2.06. The van der Waals surface area contributed by atoms with E-state index in [2.05, 4.69) is 19.6 Å². The SMILES string of the molecule is CCCc1cc(O)ccc1S. The Labute approximate surface area is 72.5 Å². The summed E-state index contributed by atoms with van der Waals surface area (Å²) in [6, 6.07) is 5.25. The smallest absolute Gasteiger partial charge is 0.115 e. The summed E-state index contributed by atoms with van der Waals surface area (Å²) in [6.45, 7) is 2.11. The normalized spacial score (nSPS) is 10.0. The van der Waals surface area contributed by atoms with Crippen molar-refractivity contribution in [3.05, 3.63) is 23.8 Å². The molecule has 1 rings (SSSR count). The van der Waals surface area contributed by atoms with Crippen LogP contribution < -0.4 is 0 Å². The van der Waals surface area contributed by atoms with Gasteiger partial charge >= 0.3 is 0 Å². The van der Waals surface area contributed by atoms with Crippen molar-refractivity contribution >= 4 is 12.6 Å². The highest BCUT2D eigenvalue weighted by Crippen LogP contribution is 2.20. The zero-order valence-electron chi connectivity index (χ0n) is 6.54. The Balaban J connectivity index is 2.93. The molecule has 0 aromatic heterocycles. The van der Waals surface area contributed by atoms with E-state index < -0.39 is 0 Å². The van der Waals surface area contributed by atoms with Gasteiger partial charge in [0.2, 0.25) is 0 Å². The Bertz CT molecular complexity index is 245. The fraction of sp³-hybridized carbons (Fsp3) is 0.333. The van der Waals surface area contributed by atoms with Crippen molar-refractivity contribution in [1.82, 2.24) is 0 Å². The Hall–Kier alpha value is -0.630. The summed E-state index contributed by atoms with van der Waals surface area (Å²) >= 11 is 4.27. The Morgan fingerprint density at radius 2 is 2.18 bits per heavy atom. The second kappa shape index (κ2) is 3.67. The zero-order valence-corrected chi connectivity index (χ0v) is 7.44. The van der Waals surface area contributed by atoms with E-state index in [1.807, 2.05) is 6.07 Å². The lowest BCUT2D eigenvalue weighted by molar-refractivity contribution is 0.474. The van der Waals surface area contributed by atoms with Crippen molar-refractivity contribution in [2.45, 2.75) is 24.7 Å². The molecular formula is C9H12OS. The van der Waals surface area contributed by atoms with Gasteiger partial charge in [-0.05, 0) is 30.2 Å². The number of rotatable bonds is 2. The van der Waals surface area contributed by atoms with Crippen molar-refractivity contribution in [3.63, 3.8) is 0 Å². The Kier molecular flexibility index (Phi) is 2.83. The predicted molar refractivity (Wildman–Crippen MR) is 49.4 cm³/mol. The van der Waals surface area contributed by atoms with E-state index in [1.165, 1.54) is 0 Å². The number of phenolic OH excluding ortho intramolecular Hbond substituents is 1. The average Bonchev–Trinajstić information content (AvgIpc) is 1.98. The fourth-order valence-electron chi connectivity index (χ4n) is 1.04. The maximum Gasteiger partial charge on any atom is 0.115 e. The summed E-state index contributed by atoms with van der Waals surface area (Å²) in [5.41, 5.74) is 1.12. The molecule has 0 heterocycles. The number of aromatic hydroxyl groups is 1. The monoisotopic (exact) mass is 168 g/mol. The average molecular weight is 168 g/mol. The van der Waals surface area contributed by atoms with Crippen LogP contribution in [0.3, 0.4) is 0 Å². The van der Waals surface area contributed by atoms with E-state index in [-0.39, 0.29) is 0 Å². The summed E-state index contributed by atoms with van der Waals surface area (Å²) < 4.78 is 0. The third kappa shape index (κ3) is 2.15. The molecule has 11 heavy (non-hydrogen) atoms. The van der Waals surface area contributed by atoms with Crippen LogP contribution in [0.25, 0.3) is 0 Å². The molecule has 0 radical (unpaired) electrons. The van der Waals surface area contributed by atoms with Crippen molar-refractivity contribution in [2.75, 3.05) is 0 Å². The van der Waals surface area contributed by atoms with Gasteiger partial charge in [-0.15, -0.1) is 12.6 Å². The van der Waals surface area contributed by atoms with E-state index in [0.29, 0.717) is 5.75 Å². The molecule has 0 amide bonds. The summed E-state index contributed by atoms with van der Waals surface area (Å²) in [5.74, 6) is 0.325. The Morgan fingerprint density at radius 3 is 2.82 bits per heavy atom. The topological polar surface area (TPSA) is 20.2 Å². The number of thiol groups is 1. The molecule has 1 N–H and O–H groups in total. The number of phenols is 1. The number of hydrogen-bond acceptors (Lipinski definition) is 2. The Morgan fingerprint density at radius 1 is 1.45 bits per heavy atom. The molecule has 0 saturated heterocycles. The van der Waals surface area contributed by atoms with Crippen molar-refractivity contribution in [2.24, 2.45) is 0 Å².